The maximum Gasteiger partial charge on any atom is 0.0108 e. The van der Waals surface area contributed by atoms with Gasteiger partial charge in [-0.05, 0) is 77.8 Å². The van der Waals surface area contributed by atoms with E-state index in [9.17, 15) is 0 Å². The molecule has 0 bridgehead atoms. The standard InChI is InChI=1S/C15H31N3/c1-3-8-17-9-4-5-15(7-10-17)18-11-6-14(13-18)12-16-2/h14-16H,3-13H2,1-2H3. The summed E-state index contributed by atoms with van der Waals surface area (Å²) < 4.78 is 0. The molecule has 2 rings (SSSR count). The molecule has 2 saturated heterocycles. The van der Waals surface area contributed by atoms with E-state index >= 15 is 0 Å². The van der Waals surface area contributed by atoms with Gasteiger partial charge in [-0.3, -0.25) is 0 Å². The van der Waals surface area contributed by atoms with Crippen LogP contribution in [0.15, 0.2) is 0 Å². The molecule has 2 fully saturated rings. The summed E-state index contributed by atoms with van der Waals surface area (Å²) in [5, 5.41) is 3.33. The van der Waals surface area contributed by atoms with Crippen LogP contribution in [0.4, 0.5) is 0 Å². The first-order chi connectivity index (χ1) is 8.83. The first kappa shape index (κ1) is 14.3. The fourth-order valence-electron chi connectivity index (χ4n) is 3.69. The topological polar surface area (TPSA) is 18.5 Å². The lowest BCUT2D eigenvalue weighted by Gasteiger charge is -2.27. The minimum atomic E-state index is 0.869. The molecule has 0 aliphatic carbocycles. The van der Waals surface area contributed by atoms with Gasteiger partial charge in [0.2, 0.25) is 0 Å². The molecule has 18 heavy (non-hydrogen) atoms. The van der Waals surface area contributed by atoms with Crippen molar-refractivity contribution in [3.63, 3.8) is 0 Å². The fraction of sp³-hybridized carbons (Fsp3) is 1.00. The Morgan fingerprint density at radius 2 is 2.00 bits per heavy atom. The third kappa shape index (κ3) is 3.94. The van der Waals surface area contributed by atoms with Gasteiger partial charge in [-0.15, -0.1) is 0 Å². The Kier molecular flexibility index (Phi) is 5.93. The van der Waals surface area contributed by atoms with Crippen LogP contribution in [0.5, 0.6) is 0 Å². The highest BCUT2D eigenvalue weighted by molar-refractivity contribution is 4.84. The summed E-state index contributed by atoms with van der Waals surface area (Å²) in [6.45, 7) is 10.1. The highest BCUT2D eigenvalue weighted by Crippen LogP contribution is 2.24. The van der Waals surface area contributed by atoms with E-state index < -0.39 is 0 Å². The zero-order valence-electron chi connectivity index (χ0n) is 12.3. The van der Waals surface area contributed by atoms with Gasteiger partial charge >= 0.3 is 0 Å². The van der Waals surface area contributed by atoms with Crippen LogP contribution < -0.4 is 5.32 Å². The third-order valence-corrected chi connectivity index (χ3v) is 4.66. The summed E-state index contributed by atoms with van der Waals surface area (Å²) in [6, 6.07) is 0.869. The Hall–Kier alpha value is -0.120. The fourth-order valence-corrected chi connectivity index (χ4v) is 3.69. The smallest absolute Gasteiger partial charge is 0.0108 e. The second-order valence-corrected chi connectivity index (χ2v) is 6.13. The lowest BCUT2D eigenvalue weighted by molar-refractivity contribution is 0.208. The van der Waals surface area contributed by atoms with E-state index in [2.05, 4.69) is 29.1 Å². The minimum Gasteiger partial charge on any atom is -0.319 e. The Bertz CT molecular complexity index is 232. The molecular weight excluding hydrogens is 222 g/mol. The molecule has 0 aromatic carbocycles. The van der Waals surface area contributed by atoms with E-state index in [0.29, 0.717) is 0 Å². The highest BCUT2D eigenvalue weighted by Gasteiger charge is 2.28. The second-order valence-electron chi connectivity index (χ2n) is 6.13. The van der Waals surface area contributed by atoms with Crippen LogP contribution in [0.25, 0.3) is 0 Å². The van der Waals surface area contributed by atoms with Crippen LogP contribution in [0.2, 0.25) is 0 Å². The van der Waals surface area contributed by atoms with Crippen molar-refractivity contribution in [2.24, 2.45) is 5.92 Å². The van der Waals surface area contributed by atoms with Crippen LogP contribution in [0.3, 0.4) is 0 Å². The summed E-state index contributed by atoms with van der Waals surface area (Å²) >= 11 is 0. The van der Waals surface area contributed by atoms with Crippen LogP contribution in [-0.4, -0.2) is 62.2 Å². The van der Waals surface area contributed by atoms with Crippen molar-refractivity contribution in [1.29, 1.82) is 0 Å². The molecule has 2 aliphatic heterocycles. The molecule has 2 heterocycles. The van der Waals surface area contributed by atoms with Gasteiger partial charge in [-0.2, -0.15) is 0 Å². The van der Waals surface area contributed by atoms with Gasteiger partial charge in [0.05, 0.1) is 0 Å². The maximum absolute atomic E-state index is 3.33. The van der Waals surface area contributed by atoms with Crippen molar-refractivity contribution < 1.29 is 0 Å². The van der Waals surface area contributed by atoms with E-state index in [-0.39, 0.29) is 0 Å². The second kappa shape index (κ2) is 7.46. The molecule has 0 radical (unpaired) electrons. The lowest BCUT2D eigenvalue weighted by Crippen LogP contribution is -2.35. The van der Waals surface area contributed by atoms with Crippen LogP contribution in [0.1, 0.15) is 39.0 Å². The van der Waals surface area contributed by atoms with E-state index in [1.54, 1.807) is 0 Å². The van der Waals surface area contributed by atoms with E-state index in [0.717, 1.165) is 12.0 Å². The van der Waals surface area contributed by atoms with Crippen molar-refractivity contribution in [2.75, 3.05) is 46.3 Å². The first-order valence-corrected chi connectivity index (χ1v) is 7.94. The Balaban J connectivity index is 1.76. The highest BCUT2D eigenvalue weighted by atomic mass is 15.2. The first-order valence-electron chi connectivity index (χ1n) is 7.94. The number of hydrogen-bond donors (Lipinski definition) is 1. The number of nitrogens with one attached hydrogen (secondary N) is 1. The van der Waals surface area contributed by atoms with E-state index in [1.165, 1.54) is 71.4 Å². The Morgan fingerprint density at radius 1 is 1.11 bits per heavy atom. The molecule has 0 spiro atoms. The minimum absolute atomic E-state index is 0.869. The predicted octanol–water partition coefficient (Wildman–Crippen LogP) is 1.79. The van der Waals surface area contributed by atoms with Gasteiger partial charge in [0.25, 0.3) is 0 Å². The lowest BCUT2D eigenvalue weighted by atomic mass is 10.1. The van der Waals surface area contributed by atoms with Gasteiger partial charge in [-0.25, -0.2) is 0 Å². The average molecular weight is 253 g/mol. The molecule has 106 valence electrons. The van der Waals surface area contributed by atoms with E-state index in [1.807, 2.05) is 0 Å². The van der Waals surface area contributed by atoms with Crippen molar-refractivity contribution in [3.05, 3.63) is 0 Å². The third-order valence-electron chi connectivity index (χ3n) is 4.66. The number of hydrogen-bond acceptors (Lipinski definition) is 3. The van der Waals surface area contributed by atoms with Crippen molar-refractivity contribution in [1.82, 2.24) is 15.1 Å². The Labute approximate surface area is 113 Å². The zero-order valence-corrected chi connectivity index (χ0v) is 12.3. The van der Waals surface area contributed by atoms with Gasteiger partial charge < -0.3 is 15.1 Å². The molecule has 0 saturated carbocycles. The summed E-state index contributed by atoms with van der Waals surface area (Å²) in [6.07, 6.45) is 6.92. The molecule has 0 aromatic rings. The van der Waals surface area contributed by atoms with Crippen molar-refractivity contribution >= 4 is 0 Å². The van der Waals surface area contributed by atoms with Crippen LogP contribution in [0, 0.1) is 5.92 Å². The van der Waals surface area contributed by atoms with Crippen LogP contribution >= 0.6 is 0 Å². The summed E-state index contributed by atoms with van der Waals surface area (Å²) in [5.41, 5.74) is 0. The zero-order chi connectivity index (χ0) is 12.8. The number of nitrogens with zero attached hydrogens (tertiary/aromatic N) is 2. The van der Waals surface area contributed by atoms with E-state index in [4.69, 9.17) is 0 Å². The average Bonchev–Trinajstić information content (AvgIpc) is 2.70. The van der Waals surface area contributed by atoms with Gasteiger partial charge in [-0.1, -0.05) is 6.92 Å². The predicted molar refractivity (Wildman–Crippen MR) is 78.0 cm³/mol. The largest absolute Gasteiger partial charge is 0.319 e. The summed E-state index contributed by atoms with van der Waals surface area (Å²) in [4.78, 5) is 5.44. The van der Waals surface area contributed by atoms with Crippen molar-refractivity contribution in [2.45, 2.75) is 45.1 Å². The molecule has 2 atom stereocenters. The summed E-state index contributed by atoms with van der Waals surface area (Å²) in [5.74, 6) is 0.894. The Morgan fingerprint density at radius 3 is 2.78 bits per heavy atom. The number of rotatable bonds is 5. The molecule has 0 amide bonds. The van der Waals surface area contributed by atoms with Crippen molar-refractivity contribution in [3.8, 4) is 0 Å². The molecule has 1 N–H and O–H groups in total. The molecule has 0 aromatic heterocycles. The maximum atomic E-state index is 3.33. The monoisotopic (exact) mass is 253 g/mol. The number of likely N-dealkylation sites (tertiary alicyclic amines) is 2. The molecule has 3 nitrogen and oxygen atoms in total. The van der Waals surface area contributed by atoms with Crippen LogP contribution in [-0.2, 0) is 0 Å². The van der Waals surface area contributed by atoms with Gasteiger partial charge in [0.15, 0.2) is 0 Å². The van der Waals surface area contributed by atoms with Gasteiger partial charge in [0.1, 0.15) is 0 Å². The SMILES string of the molecule is CCCN1CCCC(N2CCC(CNC)C2)CC1. The quantitative estimate of drug-likeness (QED) is 0.806. The molecular formula is C15H31N3. The molecule has 3 heteroatoms. The van der Waals surface area contributed by atoms with Gasteiger partial charge in [0, 0.05) is 12.6 Å². The molecule has 2 unspecified atom stereocenters. The molecule has 2 aliphatic rings. The normalized spacial score (nSPS) is 31.7. The summed E-state index contributed by atoms with van der Waals surface area (Å²) in [7, 11) is 2.08.